The third-order valence-corrected chi connectivity index (χ3v) is 3.51. The zero-order chi connectivity index (χ0) is 11.4. The highest BCUT2D eigenvalue weighted by molar-refractivity contribution is 7.10. The highest BCUT2D eigenvalue weighted by Crippen LogP contribution is 2.26. The van der Waals surface area contributed by atoms with Crippen molar-refractivity contribution in [3.8, 4) is 0 Å². The third-order valence-electron chi connectivity index (χ3n) is 2.37. The van der Waals surface area contributed by atoms with Gasteiger partial charge in [0.05, 0.1) is 0 Å². The van der Waals surface area contributed by atoms with E-state index in [4.69, 9.17) is 10.8 Å². The summed E-state index contributed by atoms with van der Waals surface area (Å²) in [4.78, 5) is 11.8. The summed E-state index contributed by atoms with van der Waals surface area (Å²) in [6.45, 7) is 2.02. The molecular formula is C10H16N2O2S. The molecule has 2 unspecified atom stereocenters. The van der Waals surface area contributed by atoms with Gasteiger partial charge in [-0.15, -0.1) is 11.3 Å². The van der Waals surface area contributed by atoms with Gasteiger partial charge in [0.25, 0.3) is 0 Å². The molecule has 0 aliphatic rings. The molecule has 1 aromatic rings. The number of carbonyl (C=O) groups is 1. The van der Waals surface area contributed by atoms with Crippen LogP contribution in [0.2, 0.25) is 0 Å². The number of carboxylic acids is 1. The zero-order valence-corrected chi connectivity index (χ0v) is 9.67. The molecule has 0 saturated heterocycles. The smallest absolute Gasteiger partial charge is 0.320 e. The zero-order valence-electron chi connectivity index (χ0n) is 8.86. The normalized spacial score (nSPS) is 14.9. The van der Waals surface area contributed by atoms with Gasteiger partial charge >= 0.3 is 5.97 Å². The van der Waals surface area contributed by atoms with E-state index in [2.05, 4.69) is 5.32 Å². The molecule has 1 aromatic heterocycles. The first kappa shape index (κ1) is 12.2. The molecule has 0 aliphatic heterocycles. The summed E-state index contributed by atoms with van der Waals surface area (Å²) in [5.74, 6) is -0.954. The predicted molar refractivity (Wildman–Crippen MR) is 61.1 cm³/mol. The van der Waals surface area contributed by atoms with Crippen LogP contribution in [-0.2, 0) is 4.79 Å². The second-order valence-electron chi connectivity index (χ2n) is 3.49. The Morgan fingerprint density at radius 3 is 2.80 bits per heavy atom. The van der Waals surface area contributed by atoms with E-state index in [-0.39, 0.29) is 6.04 Å². The van der Waals surface area contributed by atoms with E-state index in [9.17, 15) is 4.79 Å². The predicted octanol–water partition coefficient (Wildman–Crippen LogP) is 1.12. The molecule has 15 heavy (non-hydrogen) atoms. The fourth-order valence-corrected chi connectivity index (χ4v) is 2.50. The third kappa shape index (κ3) is 3.02. The van der Waals surface area contributed by atoms with Crippen LogP contribution in [0.4, 0.5) is 0 Å². The minimum Gasteiger partial charge on any atom is -0.480 e. The second-order valence-corrected chi connectivity index (χ2v) is 4.44. The second kappa shape index (κ2) is 5.25. The SMILES string of the molecule is CNC(CC(N)C(=O)O)c1sccc1C. The highest BCUT2D eigenvalue weighted by Gasteiger charge is 2.20. The Labute approximate surface area is 93.1 Å². The summed E-state index contributed by atoms with van der Waals surface area (Å²) < 4.78 is 0. The van der Waals surface area contributed by atoms with E-state index in [1.807, 2.05) is 25.4 Å². The van der Waals surface area contributed by atoms with E-state index in [1.165, 1.54) is 5.56 Å². The minimum absolute atomic E-state index is 0.0242. The average molecular weight is 228 g/mol. The lowest BCUT2D eigenvalue weighted by Crippen LogP contribution is -2.34. The van der Waals surface area contributed by atoms with Gasteiger partial charge in [0.2, 0.25) is 0 Å². The fourth-order valence-electron chi connectivity index (χ4n) is 1.45. The monoisotopic (exact) mass is 228 g/mol. The molecule has 0 aliphatic carbocycles. The van der Waals surface area contributed by atoms with Crippen molar-refractivity contribution in [2.45, 2.75) is 25.4 Å². The topological polar surface area (TPSA) is 75.3 Å². The molecule has 1 heterocycles. The van der Waals surface area contributed by atoms with E-state index in [0.717, 1.165) is 4.88 Å². The molecule has 4 N–H and O–H groups in total. The van der Waals surface area contributed by atoms with E-state index in [0.29, 0.717) is 6.42 Å². The fraction of sp³-hybridized carbons (Fsp3) is 0.500. The first-order valence-electron chi connectivity index (χ1n) is 4.76. The van der Waals surface area contributed by atoms with Crippen molar-refractivity contribution >= 4 is 17.3 Å². The maximum absolute atomic E-state index is 10.7. The molecule has 2 atom stereocenters. The Morgan fingerprint density at radius 2 is 2.40 bits per heavy atom. The van der Waals surface area contributed by atoms with Gasteiger partial charge in [-0.2, -0.15) is 0 Å². The lowest BCUT2D eigenvalue weighted by Gasteiger charge is -2.18. The van der Waals surface area contributed by atoms with Gasteiger partial charge in [-0.1, -0.05) is 0 Å². The number of rotatable bonds is 5. The summed E-state index contributed by atoms with van der Waals surface area (Å²) in [6, 6.07) is 1.23. The first-order valence-corrected chi connectivity index (χ1v) is 5.64. The van der Waals surface area contributed by atoms with Crippen LogP contribution in [0.25, 0.3) is 0 Å². The summed E-state index contributed by atoms with van der Waals surface area (Å²) >= 11 is 1.62. The van der Waals surface area contributed by atoms with Gasteiger partial charge in [-0.05, 0) is 37.4 Å². The first-order chi connectivity index (χ1) is 7.06. The minimum atomic E-state index is -0.954. The van der Waals surface area contributed by atoms with Gasteiger partial charge < -0.3 is 16.2 Å². The average Bonchev–Trinajstić information content (AvgIpc) is 2.60. The number of hydrogen-bond acceptors (Lipinski definition) is 4. The van der Waals surface area contributed by atoms with Gasteiger partial charge in [-0.25, -0.2) is 0 Å². The van der Waals surface area contributed by atoms with Crippen LogP contribution >= 0.6 is 11.3 Å². The maximum Gasteiger partial charge on any atom is 0.320 e. The molecule has 4 nitrogen and oxygen atoms in total. The lowest BCUT2D eigenvalue weighted by atomic mass is 10.0. The number of nitrogens with two attached hydrogens (primary N) is 1. The van der Waals surface area contributed by atoms with Gasteiger partial charge in [0, 0.05) is 10.9 Å². The van der Waals surface area contributed by atoms with Crippen LogP contribution < -0.4 is 11.1 Å². The van der Waals surface area contributed by atoms with Crippen LogP contribution in [-0.4, -0.2) is 24.2 Å². The molecule has 0 bridgehead atoms. The Morgan fingerprint density at radius 1 is 1.73 bits per heavy atom. The number of carboxylic acid groups (broad SMARTS) is 1. The molecule has 0 saturated carbocycles. The Bertz CT molecular complexity index is 338. The summed E-state index contributed by atoms with van der Waals surface area (Å²) in [5, 5.41) is 13.8. The largest absolute Gasteiger partial charge is 0.480 e. The lowest BCUT2D eigenvalue weighted by molar-refractivity contribution is -0.138. The van der Waals surface area contributed by atoms with Crippen molar-refractivity contribution in [1.29, 1.82) is 0 Å². The molecule has 5 heteroatoms. The van der Waals surface area contributed by atoms with Gasteiger partial charge in [0.1, 0.15) is 6.04 Å². The number of nitrogens with one attached hydrogen (secondary N) is 1. The summed E-state index contributed by atoms with van der Waals surface area (Å²) in [7, 11) is 1.82. The molecule has 0 spiro atoms. The molecular weight excluding hydrogens is 212 g/mol. The van der Waals surface area contributed by atoms with E-state index in [1.54, 1.807) is 11.3 Å². The highest BCUT2D eigenvalue weighted by atomic mass is 32.1. The van der Waals surface area contributed by atoms with Crippen molar-refractivity contribution in [1.82, 2.24) is 5.32 Å². The molecule has 84 valence electrons. The van der Waals surface area contributed by atoms with Crippen LogP contribution in [0.15, 0.2) is 11.4 Å². The van der Waals surface area contributed by atoms with Crippen LogP contribution in [0.1, 0.15) is 22.9 Å². The maximum atomic E-state index is 10.7. The number of thiophene rings is 1. The van der Waals surface area contributed by atoms with Gasteiger partial charge in [-0.3, -0.25) is 4.79 Å². The number of aryl methyl sites for hydroxylation is 1. The molecule has 0 aromatic carbocycles. The van der Waals surface area contributed by atoms with Crippen molar-refractivity contribution in [2.24, 2.45) is 5.73 Å². The number of hydrogen-bond donors (Lipinski definition) is 3. The number of aliphatic carboxylic acids is 1. The molecule has 1 rings (SSSR count). The molecule has 0 radical (unpaired) electrons. The quantitative estimate of drug-likeness (QED) is 0.706. The van der Waals surface area contributed by atoms with Crippen molar-refractivity contribution in [3.63, 3.8) is 0 Å². The van der Waals surface area contributed by atoms with Gasteiger partial charge in [0.15, 0.2) is 0 Å². The summed E-state index contributed by atoms with van der Waals surface area (Å²) in [5.41, 5.74) is 6.69. The Hall–Kier alpha value is -0.910. The van der Waals surface area contributed by atoms with Crippen molar-refractivity contribution in [3.05, 3.63) is 21.9 Å². The van der Waals surface area contributed by atoms with Crippen molar-refractivity contribution < 1.29 is 9.90 Å². The molecule has 0 amide bonds. The molecule has 0 fully saturated rings. The Kier molecular flexibility index (Phi) is 4.26. The standard InChI is InChI=1S/C10H16N2O2S/c1-6-3-4-15-9(6)8(12-2)5-7(11)10(13)14/h3-4,7-8,12H,5,11H2,1-2H3,(H,13,14). The van der Waals surface area contributed by atoms with Crippen LogP contribution in [0, 0.1) is 6.92 Å². The van der Waals surface area contributed by atoms with E-state index < -0.39 is 12.0 Å². The van der Waals surface area contributed by atoms with Crippen LogP contribution in [0.5, 0.6) is 0 Å². The Balaban J connectivity index is 2.73. The van der Waals surface area contributed by atoms with Crippen LogP contribution in [0.3, 0.4) is 0 Å². The van der Waals surface area contributed by atoms with E-state index >= 15 is 0 Å². The summed E-state index contributed by atoms with van der Waals surface area (Å²) in [6.07, 6.45) is 0.410. The van der Waals surface area contributed by atoms with Crippen molar-refractivity contribution in [2.75, 3.05) is 7.05 Å².